The lowest BCUT2D eigenvalue weighted by atomic mass is 10.1. The largest absolute Gasteiger partial charge is 0.293 e. The van der Waals surface area contributed by atoms with Crippen LogP contribution in [0.2, 0.25) is 0 Å². The van der Waals surface area contributed by atoms with Crippen molar-refractivity contribution in [2.75, 3.05) is 0 Å². The van der Waals surface area contributed by atoms with Crippen LogP contribution in [-0.4, -0.2) is 31.5 Å². The number of rotatable bonds is 5. The van der Waals surface area contributed by atoms with Crippen LogP contribution in [0.1, 0.15) is 28.7 Å². The third-order valence-corrected chi connectivity index (χ3v) is 4.53. The molecule has 1 heterocycles. The Labute approximate surface area is 168 Å². The average molecular weight is 443 g/mol. The molecule has 3 aromatic rings. The highest BCUT2D eigenvalue weighted by Gasteiger charge is 2.17. The van der Waals surface area contributed by atoms with Crippen LogP contribution in [0.15, 0.2) is 58.1 Å². The number of hydrazone groups is 1. The van der Waals surface area contributed by atoms with E-state index in [1.165, 1.54) is 28.9 Å². The number of non-ortho nitro benzene ring substituents is 1. The molecule has 10 heteroatoms. The molecule has 0 saturated carbocycles. The van der Waals surface area contributed by atoms with E-state index >= 15 is 0 Å². The number of halogens is 1. The highest BCUT2D eigenvalue weighted by atomic mass is 79.9. The molecule has 9 nitrogen and oxygen atoms in total. The summed E-state index contributed by atoms with van der Waals surface area (Å²) in [6, 6.07) is 13.3. The lowest BCUT2D eigenvalue weighted by Gasteiger charge is -2.04. The van der Waals surface area contributed by atoms with Gasteiger partial charge in [-0.3, -0.25) is 14.9 Å². The normalized spacial score (nSPS) is 11.3. The molecule has 142 valence electrons. The highest BCUT2D eigenvalue weighted by molar-refractivity contribution is 9.10. The number of carbonyl (C=O) groups is 1. The minimum Gasteiger partial charge on any atom is -0.265 e. The van der Waals surface area contributed by atoms with Crippen molar-refractivity contribution in [1.82, 2.24) is 20.4 Å². The van der Waals surface area contributed by atoms with Gasteiger partial charge in [0.2, 0.25) is 0 Å². The Kier molecular flexibility index (Phi) is 5.59. The van der Waals surface area contributed by atoms with Gasteiger partial charge in [0.1, 0.15) is 0 Å². The Morgan fingerprint density at radius 2 is 1.82 bits per heavy atom. The van der Waals surface area contributed by atoms with Gasteiger partial charge in [0.15, 0.2) is 5.69 Å². The highest BCUT2D eigenvalue weighted by Crippen LogP contribution is 2.17. The third kappa shape index (κ3) is 4.12. The van der Waals surface area contributed by atoms with Gasteiger partial charge in [-0.1, -0.05) is 33.3 Å². The van der Waals surface area contributed by atoms with Gasteiger partial charge < -0.3 is 0 Å². The number of aromatic nitrogens is 3. The van der Waals surface area contributed by atoms with Gasteiger partial charge in [0.25, 0.3) is 11.6 Å². The Bertz CT molecular complexity index is 1060. The van der Waals surface area contributed by atoms with Crippen molar-refractivity contribution in [1.29, 1.82) is 0 Å². The molecule has 1 N–H and O–H groups in total. The van der Waals surface area contributed by atoms with Crippen LogP contribution in [0.4, 0.5) is 5.69 Å². The second kappa shape index (κ2) is 8.09. The summed E-state index contributed by atoms with van der Waals surface area (Å²) in [5, 5.41) is 22.7. The fraction of sp³-hybridized carbons (Fsp3) is 0.111. The van der Waals surface area contributed by atoms with E-state index in [2.05, 4.69) is 36.8 Å². The first-order chi connectivity index (χ1) is 13.4. The lowest BCUT2D eigenvalue weighted by molar-refractivity contribution is -0.384. The first-order valence-electron chi connectivity index (χ1n) is 8.14. The van der Waals surface area contributed by atoms with Crippen molar-refractivity contribution >= 4 is 33.2 Å². The number of carbonyl (C=O) groups excluding carboxylic acids is 1. The topological polar surface area (TPSA) is 115 Å². The molecule has 0 aliphatic rings. The number of hydrogen-bond donors (Lipinski definition) is 1. The van der Waals surface area contributed by atoms with Gasteiger partial charge >= 0.3 is 0 Å². The molecule has 0 saturated heterocycles. The number of nitrogens with one attached hydrogen (secondary N) is 1. The van der Waals surface area contributed by atoms with Crippen molar-refractivity contribution in [3.8, 4) is 5.69 Å². The number of benzene rings is 2. The predicted molar refractivity (Wildman–Crippen MR) is 107 cm³/mol. The molecular formula is C18H15BrN6O3. The zero-order valence-electron chi connectivity index (χ0n) is 15.0. The molecule has 0 aliphatic heterocycles. The summed E-state index contributed by atoms with van der Waals surface area (Å²) in [5.41, 5.74) is 5.12. The summed E-state index contributed by atoms with van der Waals surface area (Å²) in [6.07, 6.45) is 0. The predicted octanol–water partition coefficient (Wildman–Crippen LogP) is 3.40. The number of nitrogens with zero attached hydrogens (tertiary/aromatic N) is 5. The minimum absolute atomic E-state index is 0.0303. The van der Waals surface area contributed by atoms with Gasteiger partial charge in [-0.2, -0.15) is 5.10 Å². The Hall–Kier alpha value is -3.40. The van der Waals surface area contributed by atoms with Crippen LogP contribution in [0.25, 0.3) is 5.69 Å². The summed E-state index contributed by atoms with van der Waals surface area (Å²) >= 11 is 3.37. The monoisotopic (exact) mass is 442 g/mol. The quantitative estimate of drug-likeness (QED) is 0.369. The van der Waals surface area contributed by atoms with E-state index < -0.39 is 10.8 Å². The molecule has 1 aromatic heterocycles. The van der Waals surface area contributed by atoms with Crippen molar-refractivity contribution in [2.45, 2.75) is 13.8 Å². The number of nitro benzene ring substituents is 1. The minimum atomic E-state index is -0.498. The Morgan fingerprint density at radius 3 is 2.43 bits per heavy atom. The Balaban J connectivity index is 1.77. The molecular weight excluding hydrogens is 428 g/mol. The van der Waals surface area contributed by atoms with E-state index in [-0.39, 0.29) is 11.4 Å². The molecule has 0 fully saturated rings. The van der Waals surface area contributed by atoms with Crippen LogP contribution in [-0.2, 0) is 0 Å². The van der Waals surface area contributed by atoms with E-state index in [9.17, 15) is 14.9 Å². The summed E-state index contributed by atoms with van der Waals surface area (Å²) in [4.78, 5) is 22.7. The summed E-state index contributed by atoms with van der Waals surface area (Å²) in [6.45, 7) is 3.46. The van der Waals surface area contributed by atoms with Crippen molar-refractivity contribution < 1.29 is 9.72 Å². The van der Waals surface area contributed by atoms with Gasteiger partial charge in [-0.05, 0) is 43.7 Å². The molecule has 0 bridgehead atoms. The van der Waals surface area contributed by atoms with E-state index in [0.29, 0.717) is 17.1 Å². The molecule has 0 atom stereocenters. The number of nitro groups is 1. The first-order valence-corrected chi connectivity index (χ1v) is 8.94. The standard InChI is InChI=1S/C18H15BrN6O3/c1-11(13-3-5-14(19)6-4-13)20-22-18(26)17-12(2)24(23-21-17)15-7-9-16(10-8-15)25(27)28/h3-10H,1-2H3,(H,22,26)/b20-11+. The van der Waals surface area contributed by atoms with E-state index in [1.807, 2.05) is 24.3 Å². The summed E-state index contributed by atoms with van der Waals surface area (Å²) in [5.74, 6) is -0.498. The number of hydrogen-bond acceptors (Lipinski definition) is 6. The molecule has 0 aliphatic carbocycles. The van der Waals surface area contributed by atoms with E-state index in [4.69, 9.17) is 0 Å². The SMILES string of the molecule is C/C(=N\NC(=O)c1nnn(-c2ccc([N+](=O)[O-])cc2)c1C)c1ccc(Br)cc1. The van der Waals surface area contributed by atoms with E-state index in [0.717, 1.165) is 10.0 Å². The van der Waals surface area contributed by atoms with Crippen LogP contribution in [0.5, 0.6) is 0 Å². The van der Waals surface area contributed by atoms with Gasteiger partial charge in [0.05, 0.1) is 22.0 Å². The van der Waals surface area contributed by atoms with E-state index in [1.54, 1.807) is 13.8 Å². The maximum Gasteiger partial charge on any atom is 0.293 e. The fourth-order valence-electron chi connectivity index (χ4n) is 2.44. The van der Waals surface area contributed by atoms with Crippen LogP contribution in [0.3, 0.4) is 0 Å². The molecule has 0 radical (unpaired) electrons. The van der Waals surface area contributed by atoms with Gasteiger partial charge in [-0.25, -0.2) is 10.1 Å². The summed E-state index contributed by atoms with van der Waals surface area (Å²) < 4.78 is 2.38. The van der Waals surface area contributed by atoms with Crippen molar-refractivity contribution in [3.63, 3.8) is 0 Å². The molecule has 1 amide bonds. The second-order valence-electron chi connectivity index (χ2n) is 5.85. The fourth-order valence-corrected chi connectivity index (χ4v) is 2.71. The van der Waals surface area contributed by atoms with Crippen LogP contribution < -0.4 is 5.43 Å². The van der Waals surface area contributed by atoms with Crippen LogP contribution in [0, 0.1) is 17.0 Å². The average Bonchev–Trinajstić information content (AvgIpc) is 3.08. The lowest BCUT2D eigenvalue weighted by Crippen LogP contribution is -2.21. The van der Waals surface area contributed by atoms with Crippen molar-refractivity contribution in [3.05, 3.63) is 80.1 Å². The zero-order valence-corrected chi connectivity index (χ0v) is 16.5. The maximum atomic E-state index is 12.4. The maximum absolute atomic E-state index is 12.4. The van der Waals surface area contributed by atoms with Crippen LogP contribution >= 0.6 is 15.9 Å². The third-order valence-electron chi connectivity index (χ3n) is 4.00. The van der Waals surface area contributed by atoms with Gasteiger partial charge in [0, 0.05) is 16.6 Å². The molecule has 0 spiro atoms. The molecule has 0 unspecified atom stereocenters. The Morgan fingerprint density at radius 1 is 1.18 bits per heavy atom. The molecule has 2 aromatic carbocycles. The van der Waals surface area contributed by atoms with Crippen molar-refractivity contribution in [2.24, 2.45) is 5.10 Å². The molecule has 3 rings (SSSR count). The molecule has 28 heavy (non-hydrogen) atoms. The number of amides is 1. The van der Waals surface area contributed by atoms with Gasteiger partial charge in [-0.15, -0.1) is 5.10 Å². The first kappa shape index (κ1) is 19.4. The second-order valence-corrected chi connectivity index (χ2v) is 6.77. The zero-order chi connectivity index (χ0) is 20.3. The summed E-state index contributed by atoms with van der Waals surface area (Å²) in [7, 11) is 0. The smallest absolute Gasteiger partial charge is 0.265 e.